The molecule has 0 spiro atoms. The normalized spacial score (nSPS) is 11.9. The average Bonchev–Trinajstić information content (AvgIpc) is 3.03. The number of carbonyl (C=O) groups is 2. The van der Waals surface area contributed by atoms with Crippen molar-refractivity contribution >= 4 is 17.5 Å². The number of amides is 2. The highest BCUT2D eigenvalue weighted by Crippen LogP contribution is 2.34. The second-order valence-corrected chi connectivity index (χ2v) is 5.53. The highest BCUT2D eigenvalue weighted by atomic mass is 16.7. The van der Waals surface area contributed by atoms with Crippen molar-refractivity contribution in [3.05, 3.63) is 54.1 Å². The van der Waals surface area contributed by atoms with Gasteiger partial charge in [-0.15, -0.1) is 0 Å². The molecule has 0 saturated carbocycles. The monoisotopic (exact) mass is 326 g/mol. The number of nitrogens with zero attached hydrogens (tertiary/aromatic N) is 1. The van der Waals surface area contributed by atoms with Crippen molar-refractivity contribution in [2.24, 2.45) is 0 Å². The number of hydrogen-bond donors (Lipinski definition) is 1. The van der Waals surface area contributed by atoms with E-state index >= 15 is 0 Å². The van der Waals surface area contributed by atoms with E-state index in [0.717, 1.165) is 5.56 Å². The summed E-state index contributed by atoms with van der Waals surface area (Å²) in [5, 5.41) is 2.70. The molecule has 24 heavy (non-hydrogen) atoms. The van der Waals surface area contributed by atoms with Crippen LogP contribution in [0.5, 0.6) is 11.5 Å². The van der Waals surface area contributed by atoms with Gasteiger partial charge in [0.2, 0.25) is 18.6 Å². The Morgan fingerprint density at radius 2 is 1.83 bits per heavy atom. The number of benzene rings is 2. The van der Waals surface area contributed by atoms with E-state index in [1.54, 1.807) is 25.2 Å². The molecule has 1 aliphatic heterocycles. The number of rotatable bonds is 5. The van der Waals surface area contributed by atoms with Crippen molar-refractivity contribution in [2.45, 2.75) is 13.0 Å². The SMILES string of the molecule is CN(Cc1ccccc1)C(=O)CC(=O)Nc1ccc2c(c1)OCO2. The third-order valence-electron chi connectivity index (χ3n) is 3.66. The molecule has 0 aromatic heterocycles. The molecule has 6 heteroatoms. The Hall–Kier alpha value is -3.02. The molecule has 0 unspecified atom stereocenters. The molecule has 0 aliphatic carbocycles. The molecule has 124 valence electrons. The minimum atomic E-state index is -0.362. The van der Waals surface area contributed by atoms with Crippen molar-refractivity contribution in [1.29, 1.82) is 0 Å². The van der Waals surface area contributed by atoms with Crippen LogP contribution in [0.1, 0.15) is 12.0 Å². The first-order valence-corrected chi connectivity index (χ1v) is 7.59. The van der Waals surface area contributed by atoms with Crippen LogP contribution in [0.25, 0.3) is 0 Å². The minimum absolute atomic E-state index is 0.176. The van der Waals surface area contributed by atoms with E-state index in [4.69, 9.17) is 9.47 Å². The van der Waals surface area contributed by atoms with Crippen LogP contribution < -0.4 is 14.8 Å². The molecule has 2 amide bonds. The maximum Gasteiger partial charge on any atom is 0.233 e. The van der Waals surface area contributed by atoms with Crippen LogP contribution in [0.15, 0.2) is 48.5 Å². The van der Waals surface area contributed by atoms with Gasteiger partial charge in [-0.25, -0.2) is 0 Å². The molecule has 6 nitrogen and oxygen atoms in total. The molecule has 1 heterocycles. The van der Waals surface area contributed by atoms with E-state index in [0.29, 0.717) is 23.7 Å². The first kappa shape index (κ1) is 15.9. The van der Waals surface area contributed by atoms with E-state index in [9.17, 15) is 9.59 Å². The summed E-state index contributed by atoms with van der Waals surface area (Å²) in [6.45, 7) is 0.645. The van der Waals surface area contributed by atoms with Gasteiger partial charge >= 0.3 is 0 Å². The maximum absolute atomic E-state index is 12.2. The lowest BCUT2D eigenvalue weighted by atomic mass is 10.2. The van der Waals surface area contributed by atoms with Gasteiger partial charge in [-0.1, -0.05) is 30.3 Å². The second kappa shape index (κ2) is 7.04. The van der Waals surface area contributed by atoms with E-state index in [-0.39, 0.29) is 25.0 Å². The van der Waals surface area contributed by atoms with Crippen LogP contribution in [0.4, 0.5) is 5.69 Å². The summed E-state index contributed by atoms with van der Waals surface area (Å²) in [6.07, 6.45) is -0.211. The molecule has 1 aliphatic rings. The zero-order valence-electron chi connectivity index (χ0n) is 13.3. The van der Waals surface area contributed by atoms with Crippen molar-refractivity contribution in [2.75, 3.05) is 19.2 Å². The first-order valence-electron chi connectivity index (χ1n) is 7.59. The lowest BCUT2D eigenvalue weighted by Crippen LogP contribution is -2.30. The van der Waals surface area contributed by atoms with E-state index in [1.807, 2.05) is 30.3 Å². The van der Waals surface area contributed by atoms with E-state index in [2.05, 4.69) is 5.32 Å². The van der Waals surface area contributed by atoms with Gasteiger partial charge in [-0.3, -0.25) is 9.59 Å². The van der Waals surface area contributed by atoms with Crippen LogP contribution in [-0.2, 0) is 16.1 Å². The topological polar surface area (TPSA) is 67.9 Å². The lowest BCUT2D eigenvalue weighted by molar-refractivity contribution is -0.133. The van der Waals surface area contributed by atoms with Crippen LogP contribution in [0.2, 0.25) is 0 Å². The number of carbonyl (C=O) groups excluding carboxylic acids is 2. The second-order valence-electron chi connectivity index (χ2n) is 5.53. The summed E-state index contributed by atoms with van der Waals surface area (Å²) in [4.78, 5) is 25.7. The number of hydrogen-bond acceptors (Lipinski definition) is 4. The van der Waals surface area contributed by atoms with Crippen LogP contribution in [0, 0.1) is 0 Å². The van der Waals surface area contributed by atoms with E-state index < -0.39 is 0 Å². The average molecular weight is 326 g/mol. The minimum Gasteiger partial charge on any atom is -0.454 e. The van der Waals surface area contributed by atoms with Crippen LogP contribution in [0.3, 0.4) is 0 Å². The predicted octanol–water partition coefficient (Wildman–Crippen LogP) is 2.40. The number of fused-ring (bicyclic) bond motifs is 1. The summed E-state index contributed by atoms with van der Waals surface area (Å²) in [6, 6.07) is 14.8. The van der Waals surface area contributed by atoms with Gasteiger partial charge < -0.3 is 19.7 Å². The summed E-state index contributed by atoms with van der Waals surface area (Å²) < 4.78 is 10.5. The van der Waals surface area contributed by atoms with E-state index in [1.165, 1.54) is 4.90 Å². The quantitative estimate of drug-likeness (QED) is 0.857. The first-order chi connectivity index (χ1) is 11.6. The summed E-state index contributed by atoms with van der Waals surface area (Å²) >= 11 is 0. The fourth-order valence-electron chi connectivity index (χ4n) is 2.40. The molecule has 1 N–H and O–H groups in total. The van der Waals surface area contributed by atoms with Crippen molar-refractivity contribution < 1.29 is 19.1 Å². The van der Waals surface area contributed by atoms with Gasteiger partial charge in [0.15, 0.2) is 11.5 Å². The Labute approximate surface area is 140 Å². The van der Waals surface area contributed by atoms with Crippen LogP contribution in [-0.4, -0.2) is 30.6 Å². The Bertz CT molecular complexity index is 746. The fraction of sp³-hybridized carbons (Fsp3) is 0.222. The van der Waals surface area contributed by atoms with Gasteiger partial charge in [0.05, 0.1) is 0 Å². The van der Waals surface area contributed by atoms with Gasteiger partial charge in [0.1, 0.15) is 6.42 Å². The van der Waals surface area contributed by atoms with Gasteiger partial charge in [-0.05, 0) is 17.7 Å². The number of anilines is 1. The maximum atomic E-state index is 12.2. The lowest BCUT2D eigenvalue weighted by Gasteiger charge is -2.17. The molecule has 0 bridgehead atoms. The van der Waals surface area contributed by atoms with Crippen molar-refractivity contribution in [3.63, 3.8) is 0 Å². The molecule has 2 aromatic carbocycles. The molecule has 0 radical (unpaired) electrons. The van der Waals surface area contributed by atoms with Gasteiger partial charge in [0, 0.05) is 25.3 Å². The Balaban J connectivity index is 1.53. The smallest absolute Gasteiger partial charge is 0.233 e. The molecule has 3 rings (SSSR count). The summed E-state index contributed by atoms with van der Waals surface area (Å²) in [5.41, 5.74) is 1.59. The zero-order valence-corrected chi connectivity index (χ0v) is 13.3. The Kier molecular flexibility index (Phi) is 4.65. The highest BCUT2D eigenvalue weighted by Gasteiger charge is 2.17. The molecular formula is C18H18N2O4. The van der Waals surface area contributed by atoms with Crippen molar-refractivity contribution in [1.82, 2.24) is 4.90 Å². The van der Waals surface area contributed by atoms with Crippen molar-refractivity contribution in [3.8, 4) is 11.5 Å². The predicted molar refractivity (Wildman–Crippen MR) is 88.7 cm³/mol. The third-order valence-corrected chi connectivity index (χ3v) is 3.66. The van der Waals surface area contributed by atoms with Gasteiger partial charge in [-0.2, -0.15) is 0 Å². The highest BCUT2D eigenvalue weighted by molar-refractivity contribution is 6.03. The Morgan fingerprint density at radius 1 is 1.08 bits per heavy atom. The molecule has 0 atom stereocenters. The number of nitrogens with one attached hydrogen (secondary N) is 1. The van der Waals surface area contributed by atoms with Crippen LogP contribution >= 0.6 is 0 Å². The molecule has 0 fully saturated rings. The molecule has 0 saturated heterocycles. The number of ether oxygens (including phenoxy) is 2. The largest absolute Gasteiger partial charge is 0.454 e. The summed E-state index contributed by atoms with van der Waals surface area (Å²) in [7, 11) is 1.68. The Morgan fingerprint density at radius 3 is 2.62 bits per heavy atom. The fourth-order valence-corrected chi connectivity index (χ4v) is 2.40. The molecule has 2 aromatic rings. The standard InChI is InChI=1S/C18H18N2O4/c1-20(11-13-5-3-2-4-6-13)18(22)10-17(21)19-14-7-8-15-16(9-14)24-12-23-15/h2-9H,10-12H2,1H3,(H,19,21). The zero-order chi connectivity index (χ0) is 16.9. The molecular weight excluding hydrogens is 308 g/mol. The third kappa shape index (κ3) is 3.84. The summed E-state index contributed by atoms with van der Waals surface area (Å²) in [5.74, 6) is 0.628. The van der Waals surface area contributed by atoms with Gasteiger partial charge in [0.25, 0.3) is 0 Å².